The molecule has 6 heteroatoms. The topological polar surface area (TPSA) is 81.7 Å². The van der Waals surface area contributed by atoms with Crippen molar-refractivity contribution in [3.63, 3.8) is 0 Å². The fourth-order valence-corrected chi connectivity index (χ4v) is 1.16. The number of carboxylic acid groups (broad SMARTS) is 1. The second-order valence-electron chi connectivity index (χ2n) is 2.93. The summed E-state index contributed by atoms with van der Waals surface area (Å²) < 4.78 is 0. The van der Waals surface area contributed by atoms with Crippen LogP contribution in [0.3, 0.4) is 0 Å². The Labute approximate surface area is 75.9 Å². The molecule has 0 radical (unpaired) electrons. The number of likely N-dealkylation sites (tertiary alicyclic amines) is 1. The largest absolute Gasteiger partial charge is 0.480 e. The molecule has 0 saturated carbocycles. The highest BCUT2D eigenvalue weighted by Crippen LogP contribution is 2.06. The second-order valence-corrected chi connectivity index (χ2v) is 2.93. The minimum Gasteiger partial charge on any atom is -0.480 e. The SMILES string of the molecule is CNC(=O)N1CC(NCC(=O)O)C1. The van der Waals surface area contributed by atoms with Gasteiger partial charge in [-0.3, -0.25) is 4.79 Å². The van der Waals surface area contributed by atoms with Crippen molar-refractivity contribution in [2.24, 2.45) is 0 Å². The number of aliphatic carboxylic acids is 1. The number of carbonyl (C=O) groups is 2. The number of carbonyl (C=O) groups excluding carboxylic acids is 1. The highest BCUT2D eigenvalue weighted by molar-refractivity contribution is 5.75. The first-order valence-corrected chi connectivity index (χ1v) is 4.05. The molecule has 0 aromatic heterocycles. The Bertz CT molecular complexity index is 213. The molecule has 1 heterocycles. The van der Waals surface area contributed by atoms with Crippen LogP contribution in [0.5, 0.6) is 0 Å². The van der Waals surface area contributed by atoms with E-state index in [2.05, 4.69) is 10.6 Å². The van der Waals surface area contributed by atoms with Crippen molar-refractivity contribution < 1.29 is 14.7 Å². The van der Waals surface area contributed by atoms with Gasteiger partial charge >= 0.3 is 12.0 Å². The third-order valence-electron chi connectivity index (χ3n) is 1.92. The van der Waals surface area contributed by atoms with E-state index in [1.807, 2.05) is 0 Å². The molecule has 3 N–H and O–H groups in total. The minimum absolute atomic E-state index is 0.0494. The van der Waals surface area contributed by atoms with Crippen molar-refractivity contribution in [3.8, 4) is 0 Å². The number of hydrogen-bond acceptors (Lipinski definition) is 3. The molecular weight excluding hydrogens is 174 g/mol. The van der Waals surface area contributed by atoms with Crippen molar-refractivity contribution in [3.05, 3.63) is 0 Å². The molecule has 1 rings (SSSR count). The second kappa shape index (κ2) is 4.08. The molecule has 2 amide bonds. The molecule has 1 saturated heterocycles. The molecule has 0 unspecified atom stereocenters. The first-order chi connectivity index (χ1) is 6.13. The number of amides is 2. The van der Waals surface area contributed by atoms with E-state index in [-0.39, 0.29) is 18.6 Å². The first kappa shape index (κ1) is 9.79. The maximum absolute atomic E-state index is 10.9. The Morgan fingerprint density at radius 3 is 2.62 bits per heavy atom. The lowest BCUT2D eigenvalue weighted by Crippen LogP contribution is -2.62. The van der Waals surface area contributed by atoms with Crippen LogP contribution >= 0.6 is 0 Å². The van der Waals surface area contributed by atoms with Crippen LogP contribution in [0.4, 0.5) is 4.79 Å². The summed E-state index contributed by atoms with van der Waals surface area (Å²) in [6, 6.07) is 0.00164. The molecule has 0 spiro atoms. The van der Waals surface area contributed by atoms with Crippen molar-refractivity contribution in [2.45, 2.75) is 6.04 Å². The van der Waals surface area contributed by atoms with Crippen molar-refractivity contribution >= 4 is 12.0 Å². The standard InChI is InChI=1S/C7H13N3O3/c1-8-7(13)10-3-5(4-10)9-2-6(11)12/h5,9H,2-4H2,1H3,(H,8,13)(H,11,12). The third kappa shape index (κ3) is 2.59. The number of urea groups is 1. The number of rotatable bonds is 3. The molecule has 0 aliphatic carbocycles. The fraction of sp³-hybridized carbons (Fsp3) is 0.714. The fourth-order valence-electron chi connectivity index (χ4n) is 1.16. The van der Waals surface area contributed by atoms with E-state index >= 15 is 0 Å². The van der Waals surface area contributed by atoms with Crippen LogP contribution < -0.4 is 10.6 Å². The van der Waals surface area contributed by atoms with Crippen LogP contribution in [-0.4, -0.2) is 54.7 Å². The summed E-state index contributed by atoms with van der Waals surface area (Å²) in [6.45, 7) is 1.10. The normalized spacial score (nSPS) is 16.5. The molecule has 0 atom stereocenters. The zero-order valence-electron chi connectivity index (χ0n) is 7.41. The van der Waals surface area contributed by atoms with Gasteiger partial charge in [-0.25, -0.2) is 4.79 Å². The monoisotopic (exact) mass is 187 g/mol. The summed E-state index contributed by atoms with van der Waals surface area (Å²) in [7, 11) is 1.57. The van der Waals surface area contributed by atoms with Gasteiger partial charge in [0.25, 0.3) is 0 Å². The van der Waals surface area contributed by atoms with Gasteiger partial charge in [0.15, 0.2) is 0 Å². The Kier molecular flexibility index (Phi) is 3.07. The van der Waals surface area contributed by atoms with Crippen molar-refractivity contribution in [1.82, 2.24) is 15.5 Å². The molecule has 74 valence electrons. The zero-order chi connectivity index (χ0) is 9.84. The van der Waals surface area contributed by atoms with E-state index < -0.39 is 5.97 Å². The van der Waals surface area contributed by atoms with Crippen LogP contribution in [0.1, 0.15) is 0 Å². The summed E-state index contributed by atoms with van der Waals surface area (Å²) in [6.07, 6.45) is 0. The van der Waals surface area contributed by atoms with E-state index in [0.717, 1.165) is 0 Å². The molecule has 1 aliphatic rings. The van der Waals surface area contributed by atoms with Gasteiger partial charge < -0.3 is 20.6 Å². The average molecular weight is 187 g/mol. The summed E-state index contributed by atoms with van der Waals surface area (Å²) in [5, 5.41) is 13.6. The third-order valence-corrected chi connectivity index (χ3v) is 1.92. The Morgan fingerprint density at radius 1 is 1.54 bits per heavy atom. The number of nitrogens with zero attached hydrogens (tertiary/aromatic N) is 1. The minimum atomic E-state index is -0.876. The Morgan fingerprint density at radius 2 is 2.15 bits per heavy atom. The molecular formula is C7H13N3O3. The average Bonchev–Trinajstić information content (AvgIpc) is 2.00. The lowest BCUT2D eigenvalue weighted by Gasteiger charge is -2.38. The summed E-state index contributed by atoms with van der Waals surface area (Å²) in [5.41, 5.74) is 0. The predicted molar refractivity (Wildman–Crippen MR) is 45.5 cm³/mol. The van der Waals surface area contributed by atoms with Gasteiger partial charge in [-0.05, 0) is 0 Å². The van der Waals surface area contributed by atoms with Crippen LogP contribution in [-0.2, 0) is 4.79 Å². The molecule has 13 heavy (non-hydrogen) atoms. The van der Waals surface area contributed by atoms with Gasteiger partial charge in [0.1, 0.15) is 0 Å². The van der Waals surface area contributed by atoms with Crippen LogP contribution in [0, 0.1) is 0 Å². The lowest BCUT2D eigenvalue weighted by atomic mass is 10.1. The van der Waals surface area contributed by atoms with Gasteiger partial charge in [-0.2, -0.15) is 0 Å². The van der Waals surface area contributed by atoms with Crippen LogP contribution in [0.15, 0.2) is 0 Å². The van der Waals surface area contributed by atoms with Crippen molar-refractivity contribution in [2.75, 3.05) is 26.7 Å². The molecule has 6 nitrogen and oxygen atoms in total. The maximum Gasteiger partial charge on any atom is 0.317 e. The quantitative estimate of drug-likeness (QED) is 0.512. The molecule has 1 aliphatic heterocycles. The first-order valence-electron chi connectivity index (χ1n) is 4.05. The number of nitrogens with one attached hydrogen (secondary N) is 2. The number of hydrogen-bond donors (Lipinski definition) is 3. The molecule has 0 aromatic carbocycles. The zero-order valence-corrected chi connectivity index (χ0v) is 7.41. The Hall–Kier alpha value is -1.30. The molecule has 1 fully saturated rings. The highest BCUT2D eigenvalue weighted by atomic mass is 16.4. The van der Waals surface area contributed by atoms with Gasteiger partial charge in [-0.1, -0.05) is 0 Å². The van der Waals surface area contributed by atoms with Gasteiger partial charge in [-0.15, -0.1) is 0 Å². The molecule has 0 bridgehead atoms. The van der Waals surface area contributed by atoms with Crippen molar-refractivity contribution in [1.29, 1.82) is 0 Å². The molecule has 0 aromatic rings. The van der Waals surface area contributed by atoms with Gasteiger partial charge in [0, 0.05) is 26.2 Å². The van der Waals surface area contributed by atoms with Crippen LogP contribution in [0.2, 0.25) is 0 Å². The highest BCUT2D eigenvalue weighted by Gasteiger charge is 2.29. The van der Waals surface area contributed by atoms with Gasteiger partial charge in [0.05, 0.1) is 6.54 Å². The van der Waals surface area contributed by atoms with Crippen LogP contribution in [0.25, 0.3) is 0 Å². The summed E-state index contributed by atoms with van der Waals surface area (Å²) in [5.74, 6) is -0.876. The summed E-state index contributed by atoms with van der Waals surface area (Å²) >= 11 is 0. The van der Waals surface area contributed by atoms with E-state index in [4.69, 9.17) is 5.11 Å². The smallest absolute Gasteiger partial charge is 0.317 e. The van der Waals surface area contributed by atoms with E-state index in [0.29, 0.717) is 13.1 Å². The van der Waals surface area contributed by atoms with E-state index in [9.17, 15) is 9.59 Å². The number of carboxylic acids is 1. The van der Waals surface area contributed by atoms with E-state index in [1.165, 1.54) is 0 Å². The van der Waals surface area contributed by atoms with E-state index in [1.54, 1.807) is 11.9 Å². The Balaban J connectivity index is 2.11. The lowest BCUT2D eigenvalue weighted by molar-refractivity contribution is -0.136. The van der Waals surface area contributed by atoms with Gasteiger partial charge in [0.2, 0.25) is 0 Å². The maximum atomic E-state index is 10.9. The predicted octanol–water partition coefficient (Wildman–Crippen LogP) is -1.32. The summed E-state index contributed by atoms with van der Waals surface area (Å²) in [4.78, 5) is 22.7.